The maximum atomic E-state index is 14.9. The minimum atomic E-state index is -5.30. The second kappa shape index (κ2) is 20.4. The summed E-state index contributed by atoms with van der Waals surface area (Å²) in [4.78, 5) is 5.00. The van der Waals surface area contributed by atoms with Gasteiger partial charge in [0.2, 0.25) is 0 Å². The van der Waals surface area contributed by atoms with Crippen LogP contribution in [0, 0.1) is 32.1 Å². The molecule has 9 aromatic carbocycles. The zero-order chi connectivity index (χ0) is 62.0. The highest BCUT2D eigenvalue weighted by atomic mass is 19.4. The highest BCUT2D eigenvalue weighted by molar-refractivity contribution is 6.13. The van der Waals surface area contributed by atoms with Crippen molar-refractivity contribution in [3.8, 4) is 73.2 Å². The van der Waals surface area contributed by atoms with Crippen molar-refractivity contribution < 1.29 is 65.9 Å². The lowest BCUT2D eigenvalue weighted by molar-refractivity contribution is -0.143. The van der Waals surface area contributed by atoms with E-state index in [-0.39, 0.29) is 89.7 Å². The van der Waals surface area contributed by atoms with Crippen LogP contribution in [0.15, 0.2) is 182 Å². The molecule has 0 radical (unpaired) electrons. The minimum Gasteiger partial charge on any atom is -0.307 e. The van der Waals surface area contributed by atoms with E-state index in [2.05, 4.69) is 6.07 Å². The van der Waals surface area contributed by atoms with E-state index < -0.39 is 64.3 Å². The van der Waals surface area contributed by atoms with Gasteiger partial charge in [0.15, 0.2) is 0 Å². The quantitative estimate of drug-likeness (QED) is 0.149. The summed E-state index contributed by atoms with van der Waals surface area (Å²) in [5, 5.41) is 12.4. The van der Waals surface area contributed by atoms with Crippen molar-refractivity contribution in [3.63, 3.8) is 0 Å². The van der Waals surface area contributed by atoms with Crippen LogP contribution in [0.1, 0.15) is 50.1 Å². The number of rotatable bonds is 7. The molecule has 4 nitrogen and oxygen atoms in total. The Morgan fingerprint density at radius 2 is 0.747 bits per heavy atom. The summed E-state index contributed by atoms with van der Waals surface area (Å²) in [7, 11) is 0. The van der Waals surface area contributed by atoms with Crippen molar-refractivity contribution in [2.45, 2.75) is 51.7 Å². The van der Waals surface area contributed by atoms with Crippen LogP contribution >= 0.6 is 0 Å². The first-order chi connectivity index (χ1) is 41.0. The Hall–Kier alpha value is -9.83. The number of nitrogens with zero attached hydrogens (tertiary/aromatic N) is 4. The fraction of sp³-hybridized carbons (Fsp3) is 0.118. The van der Waals surface area contributed by atoms with E-state index in [0.29, 0.717) is 55.9 Å². The van der Waals surface area contributed by atoms with Gasteiger partial charge < -0.3 is 4.57 Å². The van der Waals surface area contributed by atoms with Crippen molar-refractivity contribution in [2.24, 2.45) is 0 Å². The molecular formula is C68H39F15N4. The van der Waals surface area contributed by atoms with Crippen LogP contribution < -0.4 is 0 Å². The van der Waals surface area contributed by atoms with Gasteiger partial charge in [-0.15, -0.1) is 0 Å². The molecule has 0 N–H and O–H groups in total. The van der Waals surface area contributed by atoms with Gasteiger partial charge in [0.1, 0.15) is 5.82 Å². The van der Waals surface area contributed by atoms with Gasteiger partial charge >= 0.3 is 30.9 Å². The first-order valence-electron chi connectivity index (χ1n) is 26.5. The molecule has 0 aliphatic rings. The molecule has 0 unspecified atom stereocenters. The molecule has 12 rings (SSSR count). The Labute approximate surface area is 484 Å². The number of pyridine rings is 1. The molecule has 87 heavy (non-hydrogen) atoms. The minimum absolute atomic E-state index is 0.0118. The van der Waals surface area contributed by atoms with E-state index in [1.165, 1.54) is 112 Å². The second-order valence-electron chi connectivity index (χ2n) is 21.2. The summed E-state index contributed by atoms with van der Waals surface area (Å²) in [5.41, 5.74) is -3.81. The number of hydrogen-bond donors (Lipinski definition) is 0. The smallest absolute Gasteiger partial charge is 0.307 e. The van der Waals surface area contributed by atoms with Crippen molar-refractivity contribution >= 4 is 43.6 Å². The number of halogens is 15. The fourth-order valence-corrected chi connectivity index (χ4v) is 11.6. The third kappa shape index (κ3) is 10.3. The predicted octanol–water partition coefficient (Wildman–Crippen LogP) is 21.5. The van der Waals surface area contributed by atoms with Crippen LogP contribution in [-0.2, 0) is 30.9 Å². The monoisotopic (exact) mass is 1200 g/mol. The number of nitriles is 1. The lowest BCUT2D eigenvalue weighted by Crippen LogP contribution is -2.12. The summed E-state index contributed by atoms with van der Waals surface area (Å²) < 4.78 is 221. The van der Waals surface area contributed by atoms with Gasteiger partial charge in [0.25, 0.3) is 0 Å². The molecule has 0 bridgehead atoms. The van der Waals surface area contributed by atoms with Crippen LogP contribution in [0.3, 0.4) is 0 Å². The van der Waals surface area contributed by atoms with Crippen molar-refractivity contribution in [1.29, 1.82) is 5.26 Å². The van der Waals surface area contributed by atoms with Crippen LogP contribution in [0.4, 0.5) is 65.9 Å². The number of fused-ring (bicyclic) bond motifs is 6. The number of aryl methyl sites for hydroxylation is 3. The summed E-state index contributed by atoms with van der Waals surface area (Å²) in [5.74, 6) is 0.0118. The van der Waals surface area contributed by atoms with Crippen LogP contribution in [-0.4, -0.2) is 14.1 Å². The number of benzene rings is 9. The van der Waals surface area contributed by atoms with E-state index in [1.807, 2.05) is 0 Å². The molecule has 0 saturated carbocycles. The van der Waals surface area contributed by atoms with E-state index in [0.717, 1.165) is 24.3 Å². The van der Waals surface area contributed by atoms with Gasteiger partial charge in [-0.05, 0) is 144 Å². The largest absolute Gasteiger partial charge is 0.417 e. The summed E-state index contributed by atoms with van der Waals surface area (Å²) in [6, 6.07) is 40.3. The SMILES string of the molecule is Cc1ccc(-c2ccc3c4ccc(-c5ccc(C)cc5C(F)(F)F)cc4n(-c4cc(-c5ccccc5C#N)c(-n5c6cc(-c7ccc(C(F)(F)F)cc7C)ccc6c6ccc(-c7ccc(C(F)(F)F)cc7C(F)(F)F)cc65)cn4)c3c2)c(C(F)(F)F)c1. The lowest BCUT2D eigenvalue weighted by Gasteiger charge is -2.19. The molecule has 0 atom stereocenters. The Morgan fingerprint density at radius 3 is 1.17 bits per heavy atom. The molecular weight excluding hydrogens is 1160 g/mol. The number of aromatic nitrogens is 3. The van der Waals surface area contributed by atoms with Crippen LogP contribution in [0.2, 0.25) is 0 Å². The molecule has 12 aromatic rings. The van der Waals surface area contributed by atoms with E-state index in [4.69, 9.17) is 4.98 Å². The van der Waals surface area contributed by atoms with Crippen molar-refractivity contribution in [1.82, 2.24) is 14.1 Å². The molecule has 436 valence electrons. The third-order valence-electron chi connectivity index (χ3n) is 15.6. The normalized spacial score (nSPS) is 12.7. The zero-order valence-electron chi connectivity index (χ0n) is 45.3. The molecule has 0 aliphatic carbocycles. The maximum absolute atomic E-state index is 14.9. The summed E-state index contributed by atoms with van der Waals surface area (Å²) in [6.45, 7) is 4.49. The molecule has 0 aliphatic heterocycles. The Kier molecular flexibility index (Phi) is 13.5. The highest BCUT2D eigenvalue weighted by Gasteiger charge is 2.40. The molecule has 0 spiro atoms. The lowest BCUT2D eigenvalue weighted by atomic mass is 9.95. The van der Waals surface area contributed by atoms with Gasteiger partial charge in [0, 0.05) is 32.7 Å². The molecule has 0 fully saturated rings. The van der Waals surface area contributed by atoms with E-state index >= 15 is 0 Å². The fourth-order valence-electron chi connectivity index (χ4n) is 11.6. The molecule has 0 saturated heterocycles. The third-order valence-corrected chi connectivity index (χ3v) is 15.6. The Morgan fingerprint density at radius 1 is 0.356 bits per heavy atom. The maximum Gasteiger partial charge on any atom is 0.417 e. The van der Waals surface area contributed by atoms with Gasteiger partial charge in [0.05, 0.1) is 73.4 Å². The Bertz CT molecular complexity index is 4730. The van der Waals surface area contributed by atoms with Crippen LogP contribution in [0.25, 0.3) is 111 Å². The number of hydrogen-bond acceptors (Lipinski definition) is 2. The zero-order valence-corrected chi connectivity index (χ0v) is 45.3. The summed E-state index contributed by atoms with van der Waals surface area (Å²) >= 11 is 0. The molecule has 0 amide bonds. The van der Waals surface area contributed by atoms with Crippen molar-refractivity contribution in [2.75, 3.05) is 0 Å². The second-order valence-corrected chi connectivity index (χ2v) is 21.2. The first-order valence-corrected chi connectivity index (χ1v) is 26.5. The van der Waals surface area contributed by atoms with Gasteiger partial charge in [-0.25, -0.2) is 4.98 Å². The average molecular weight is 1200 g/mol. The van der Waals surface area contributed by atoms with Gasteiger partial charge in [-0.1, -0.05) is 114 Å². The molecule has 3 aromatic heterocycles. The average Bonchev–Trinajstić information content (AvgIpc) is 1.63. The predicted molar refractivity (Wildman–Crippen MR) is 304 cm³/mol. The first kappa shape index (κ1) is 57.6. The highest BCUT2D eigenvalue weighted by Crippen LogP contribution is 2.48. The standard InChI is InChI=1S/C68H39F15N4/c1-35-8-16-47(55(24-35)66(75,76)77)40-12-20-52-53-21-13-41(48-17-9-36(2)25-56(48)67(78,79)80)30-61(53)87(60(52)29-40)63-32-54(46-7-5-4-6-42(46)33-84)62(34-85-63)86-58-27-38(45-22-14-43(26-37(45)3)64(69,70)71)10-18-50(58)51-19-11-39(28-59(51)86)49-23-15-44(65(72,73)74)31-57(49)68(81,82)83/h4-32,34H,1-3H3. The molecule has 3 heterocycles. The summed E-state index contributed by atoms with van der Waals surface area (Å²) in [6.07, 6.45) is -23.4. The van der Waals surface area contributed by atoms with Crippen molar-refractivity contribution in [3.05, 3.63) is 232 Å². The van der Waals surface area contributed by atoms with Crippen LogP contribution in [0.5, 0.6) is 0 Å². The molecule has 19 heteroatoms. The Balaban J connectivity index is 1.19. The topological polar surface area (TPSA) is 46.5 Å². The van der Waals surface area contributed by atoms with Gasteiger partial charge in [-0.2, -0.15) is 71.1 Å². The van der Waals surface area contributed by atoms with Gasteiger partial charge in [-0.3, -0.25) is 4.57 Å². The van der Waals surface area contributed by atoms with E-state index in [9.17, 15) is 71.1 Å². The van der Waals surface area contributed by atoms with E-state index in [1.54, 1.807) is 57.7 Å². The number of alkyl halides is 15.